The Kier molecular flexibility index (Phi) is 6.50. The van der Waals surface area contributed by atoms with Crippen molar-refractivity contribution < 1.29 is 9.53 Å². The molecule has 4 aromatic rings. The smallest absolute Gasteiger partial charge is 0.248 e. The van der Waals surface area contributed by atoms with Crippen LogP contribution in [0.3, 0.4) is 0 Å². The molecular weight excluding hydrogens is 388 g/mol. The van der Waals surface area contributed by atoms with Crippen LogP contribution in [0.15, 0.2) is 97.5 Å². The molecule has 1 N–H and O–H groups in total. The van der Waals surface area contributed by atoms with E-state index in [1.807, 2.05) is 83.7 Å². The van der Waals surface area contributed by atoms with Crippen molar-refractivity contribution in [3.05, 3.63) is 114 Å². The van der Waals surface area contributed by atoms with Gasteiger partial charge in [-0.05, 0) is 59.7 Å². The van der Waals surface area contributed by atoms with Crippen LogP contribution in [-0.2, 0) is 17.9 Å². The lowest BCUT2D eigenvalue weighted by Gasteiger charge is -2.06. The van der Waals surface area contributed by atoms with Gasteiger partial charge in [-0.15, -0.1) is 0 Å². The summed E-state index contributed by atoms with van der Waals surface area (Å²) < 4.78 is 7.58. The zero-order valence-corrected chi connectivity index (χ0v) is 16.9. The number of nitrogens with one attached hydrogen (secondary N) is 1. The van der Waals surface area contributed by atoms with E-state index in [1.165, 1.54) is 6.08 Å². The Labute approximate surface area is 180 Å². The molecule has 6 nitrogen and oxygen atoms in total. The first-order valence-corrected chi connectivity index (χ1v) is 9.93. The van der Waals surface area contributed by atoms with Gasteiger partial charge in [-0.3, -0.25) is 14.5 Å². The first-order valence-electron chi connectivity index (χ1n) is 9.93. The number of carbonyl (C=O) groups is 1. The third kappa shape index (κ3) is 6.14. The fraction of sp³-hybridized carbons (Fsp3) is 0.0800. The summed E-state index contributed by atoms with van der Waals surface area (Å²) in [7, 11) is 0. The van der Waals surface area contributed by atoms with Crippen molar-refractivity contribution in [2.24, 2.45) is 0 Å². The number of nitrogens with zero attached hydrogens (tertiary/aromatic N) is 3. The monoisotopic (exact) mass is 410 g/mol. The van der Waals surface area contributed by atoms with Crippen molar-refractivity contribution in [3.8, 4) is 5.75 Å². The van der Waals surface area contributed by atoms with Crippen LogP contribution in [0.4, 0.5) is 5.69 Å². The minimum atomic E-state index is -0.185. The molecule has 0 radical (unpaired) electrons. The molecule has 0 unspecified atom stereocenters. The zero-order chi connectivity index (χ0) is 21.3. The molecule has 0 aliphatic heterocycles. The van der Waals surface area contributed by atoms with Gasteiger partial charge in [0.05, 0.1) is 12.2 Å². The molecule has 6 heteroatoms. The van der Waals surface area contributed by atoms with Gasteiger partial charge in [0.15, 0.2) is 0 Å². The summed E-state index contributed by atoms with van der Waals surface area (Å²) in [5, 5.41) is 7.06. The van der Waals surface area contributed by atoms with Crippen LogP contribution in [0, 0.1) is 0 Å². The quantitative estimate of drug-likeness (QED) is 0.433. The number of carbonyl (C=O) groups excluding carboxylic acids is 1. The van der Waals surface area contributed by atoms with Crippen molar-refractivity contribution in [1.82, 2.24) is 14.8 Å². The van der Waals surface area contributed by atoms with E-state index in [2.05, 4.69) is 15.4 Å². The number of hydrogen-bond acceptors (Lipinski definition) is 4. The van der Waals surface area contributed by atoms with E-state index in [0.29, 0.717) is 13.2 Å². The Hall–Kier alpha value is -4.19. The predicted molar refractivity (Wildman–Crippen MR) is 120 cm³/mol. The fourth-order valence-electron chi connectivity index (χ4n) is 2.95. The Balaban J connectivity index is 1.26. The molecule has 0 atom stereocenters. The molecule has 0 fully saturated rings. The van der Waals surface area contributed by atoms with E-state index in [-0.39, 0.29) is 5.91 Å². The summed E-state index contributed by atoms with van der Waals surface area (Å²) in [4.78, 5) is 16.4. The van der Waals surface area contributed by atoms with E-state index in [9.17, 15) is 4.79 Å². The highest BCUT2D eigenvalue weighted by Gasteiger charge is 2.01. The SMILES string of the molecule is O=C(/C=C/c1ccc(OCc2ccccn2)cc1)Nc1ccc(Cn2cccn2)cc1. The summed E-state index contributed by atoms with van der Waals surface area (Å²) >= 11 is 0. The first-order chi connectivity index (χ1) is 15.2. The second-order valence-corrected chi connectivity index (χ2v) is 6.90. The molecule has 1 amide bonds. The van der Waals surface area contributed by atoms with Crippen molar-refractivity contribution in [1.29, 1.82) is 0 Å². The molecule has 2 aromatic heterocycles. The van der Waals surface area contributed by atoms with Gasteiger partial charge in [-0.25, -0.2) is 0 Å². The highest BCUT2D eigenvalue weighted by Crippen LogP contribution is 2.15. The minimum absolute atomic E-state index is 0.185. The van der Waals surface area contributed by atoms with Gasteiger partial charge in [0.2, 0.25) is 5.91 Å². The normalized spacial score (nSPS) is 10.8. The van der Waals surface area contributed by atoms with Crippen LogP contribution in [0.25, 0.3) is 6.08 Å². The van der Waals surface area contributed by atoms with Crippen LogP contribution in [0.2, 0.25) is 0 Å². The van der Waals surface area contributed by atoms with Gasteiger partial charge in [0.1, 0.15) is 12.4 Å². The summed E-state index contributed by atoms with van der Waals surface area (Å²) in [5.41, 5.74) is 3.65. The second-order valence-electron chi connectivity index (χ2n) is 6.90. The standard InChI is InChI=1S/C25H22N4O2/c30-25(28-22-10-5-21(6-11-22)18-29-17-3-16-27-29)14-9-20-7-12-24(13-8-20)31-19-23-4-1-2-15-26-23/h1-17H,18-19H2,(H,28,30)/b14-9+. The largest absolute Gasteiger partial charge is 0.487 e. The summed E-state index contributed by atoms with van der Waals surface area (Å²) in [6, 6.07) is 22.9. The topological polar surface area (TPSA) is 69.0 Å². The molecular formula is C25H22N4O2. The highest BCUT2D eigenvalue weighted by atomic mass is 16.5. The number of rotatable bonds is 8. The molecule has 2 heterocycles. The van der Waals surface area contributed by atoms with Crippen molar-refractivity contribution in [3.63, 3.8) is 0 Å². The van der Waals surface area contributed by atoms with Gasteiger partial charge in [-0.2, -0.15) is 5.10 Å². The number of amides is 1. The van der Waals surface area contributed by atoms with Gasteiger partial charge in [0, 0.05) is 30.4 Å². The van der Waals surface area contributed by atoms with Crippen LogP contribution in [-0.4, -0.2) is 20.7 Å². The van der Waals surface area contributed by atoms with Gasteiger partial charge >= 0.3 is 0 Å². The number of anilines is 1. The number of ether oxygens (including phenoxy) is 1. The van der Waals surface area contributed by atoms with E-state index in [0.717, 1.165) is 28.3 Å². The number of aromatic nitrogens is 3. The van der Waals surface area contributed by atoms with E-state index >= 15 is 0 Å². The number of pyridine rings is 1. The van der Waals surface area contributed by atoms with E-state index in [4.69, 9.17) is 4.74 Å². The summed E-state index contributed by atoms with van der Waals surface area (Å²) in [6.45, 7) is 1.11. The van der Waals surface area contributed by atoms with Crippen molar-refractivity contribution >= 4 is 17.7 Å². The first kappa shape index (κ1) is 20.1. The summed E-state index contributed by atoms with van der Waals surface area (Å²) in [6.07, 6.45) is 8.70. The Morgan fingerprint density at radius 3 is 2.52 bits per heavy atom. The zero-order valence-electron chi connectivity index (χ0n) is 16.9. The molecule has 0 spiro atoms. The maximum atomic E-state index is 12.2. The molecule has 0 aliphatic rings. The van der Waals surface area contributed by atoms with Crippen LogP contribution >= 0.6 is 0 Å². The van der Waals surface area contributed by atoms with Gasteiger partial charge in [-0.1, -0.05) is 30.3 Å². The lowest BCUT2D eigenvalue weighted by molar-refractivity contribution is -0.111. The third-order valence-electron chi connectivity index (χ3n) is 4.55. The molecule has 4 rings (SSSR count). The third-order valence-corrected chi connectivity index (χ3v) is 4.55. The summed E-state index contributed by atoms with van der Waals surface area (Å²) in [5.74, 6) is 0.567. The highest BCUT2D eigenvalue weighted by molar-refractivity contribution is 6.01. The Morgan fingerprint density at radius 1 is 0.968 bits per heavy atom. The molecule has 0 bridgehead atoms. The predicted octanol–water partition coefficient (Wildman–Crippen LogP) is 4.56. The van der Waals surface area contributed by atoms with Crippen molar-refractivity contribution in [2.75, 3.05) is 5.32 Å². The second kappa shape index (κ2) is 10.0. The molecule has 31 heavy (non-hydrogen) atoms. The Bertz CT molecular complexity index is 1120. The average Bonchev–Trinajstić information content (AvgIpc) is 3.32. The van der Waals surface area contributed by atoms with Crippen LogP contribution in [0.1, 0.15) is 16.8 Å². The van der Waals surface area contributed by atoms with E-state index < -0.39 is 0 Å². The fourth-order valence-corrected chi connectivity index (χ4v) is 2.95. The van der Waals surface area contributed by atoms with Gasteiger partial charge in [0.25, 0.3) is 0 Å². The number of hydrogen-bond donors (Lipinski definition) is 1. The van der Waals surface area contributed by atoms with Crippen LogP contribution < -0.4 is 10.1 Å². The van der Waals surface area contributed by atoms with Gasteiger partial charge < -0.3 is 10.1 Å². The molecule has 154 valence electrons. The van der Waals surface area contributed by atoms with E-state index in [1.54, 1.807) is 18.5 Å². The lowest BCUT2D eigenvalue weighted by Crippen LogP contribution is -2.08. The lowest BCUT2D eigenvalue weighted by atomic mass is 10.2. The average molecular weight is 410 g/mol. The molecule has 0 saturated carbocycles. The maximum absolute atomic E-state index is 12.2. The molecule has 2 aromatic carbocycles. The van der Waals surface area contributed by atoms with Crippen LogP contribution in [0.5, 0.6) is 5.75 Å². The van der Waals surface area contributed by atoms with Crippen molar-refractivity contribution in [2.45, 2.75) is 13.2 Å². The maximum Gasteiger partial charge on any atom is 0.248 e. The number of benzene rings is 2. The minimum Gasteiger partial charge on any atom is -0.487 e. The molecule has 0 aliphatic carbocycles. The Morgan fingerprint density at radius 2 is 1.81 bits per heavy atom. The molecule has 0 saturated heterocycles.